The average molecular weight is 485 g/mol. The first-order chi connectivity index (χ1) is 14.3. The molecule has 0 spiro atoms. The summed E-state index contributed by atoms with van der Waals surface area (Å²) in [6.07, 6.45) is 0.949. The quantitative estimate of drug-likeness (QED) is 0.548. The van der Waals surface area contributed by atoms with E-state index in [9.17, 15) is 18.0 Å². The fourth-order valence-electron chi connectivity index (χ4n) is 3.45. The van der Waals surface area contributed by atoms with Gasteiger partial charge < -0.3 is 10.1 Å². The number of fused-ring (bicyclic) bond motifs is 1. The first-order valence-electron chi connectivity index (χ1n) is 9.01. The molecule has 1 aliphatic rings. The van der Waals surface area contributed by atoms with Crippen molar-refractivity contribution in [1.82, 2.24) is 4.31 Å². The van der Waals surface area contributed by atoms with Crippen LogP contribution in [-0.4, -0.2) is 44.3 Å². The van der Waals surface area contributed by atoms with E-state index in [4.69, 9.17) is 16.3 Å². The molecule has 4 rings (SSSR count). The van der Waals surface area contributed by atoms with Crippen molar-refractivity contribution in [3.63, 3.8) is 0 Å². The van der Waals surface area contributed by atoms with Gasteiger partial charge in [0.05, 0.1) is 17.1 Å². The molecule has 3 heterocycles. The van der Waals surface area contributed by atoms with Crippen molar-refractivity contribution in [3.05, 3.63) is 45.6 Å². The maximum Gasteiger partial charge on any atom is 0.350 e. The van der Waals surface area contributed by atoms with Crippen molar-refractivity contribution in [3.8, 4) is 0 Å². The minimum absolute atomic E-state index is 0.100. The van der Waals surface area contributed by atoms with Crippen LogP contribution in [-0.2, 0) is 19.6 Å². The summed E-state index contributed by atoms with van der Waals surface area (Å²) in [5, 5.41) is 3.49. The number of thiophene rings is 2. The number of nitrogens with zero attached hydrogens (tertiary/aromatic N) is 1. The Kier molecular flexibility index (Phi) is 5.86. The molecule has 1 amide bonds. The number of amides is 1. The average Bonchev–Trinajstić information content (AvgIpc) is 3.46. The molecule has 0 aliphatic carbocycles. The smallest absolute Gasteiger partial charge is 0.350 e. The van der Waals surface area contributed by atoms with E-state index in [0.717, 1.165) is 16.0 Å². The van der Waals surface area contributed by atoms with Gasteiger partial charge in [-0.05, 0) is 31.0 Å². The highest BCUT2D eigenvalue weighted by Crippen LogP contribution is 2.37. The molecular formula is C19H17ClN2O5S3. The second-order valence-electron chi connectivity index (χ2n) is 6.62. The Morgan fingerprint density at radius 1 is 1.20 bits per heavy atom. The lowest BCUT2D eigenvalue weighted by Crippen LogP contribution is -2.43. The molecule has 0 bridgehead atoms. The summed E-state index contributed by atoms with van der Waals surface area (Å²) in [7, 11) is -2.57. The zero-order valence-corrected chi connectivity index (χ0v) is 19.0. The van der Waals surface area contributed by atoms with E-state index in [2.05, 4.69) is 5.32 Å². The molecule has 1 aromatic carbocycles. The molecule has 0 radical (unpaired) electrons. The number of ether oxygens (including phenoxy) is 1. The van der Waals surface area contributed by atoms with Gasteiger partial charge >= 0.3 is 5.97 Å². The summed E-state index contributed by atoms with van der Waals surface area (Å²) in [5.74, 6) is -1.04. The van der Waals surface area contributed by atoms with Crippen LogP contribution in [0.15, 0.2) is 40.6 Å². The van der Waals surface area contributed by atoms with Gasteiger partial charge in [0.1, 0.15) is 15.1 Å². The van der Waals surface area contributed by atoms with Gasteiger partial charge in [0.15, 0.2) is 0 Å². The van der Waals surface area contributed by atoms with E-state index in [-0.39, 0.29) is 15.6 Å². The van der Waals surface area contributed by atoms with Crippen molar-refractivity contribution in [2.45, 2.75) is 23.1 Å². The summed E-state index contributed by atoms with van der Waals surface area (Å²) in [5.41, 5.74) is 0.343. The summed E-state index contributed by atoms with van der Waals surface area (Å²) in [6, 6.07) is 9.36. The highest BCUT2D eigenvalue weighted by Gasteiger charge is 2.40. The number of halogens is 1. The molecule has 7 nitrogen and oxygen atoms in total. The molecule has 11 heteroatoms. The van der Waals surface area contributed by atoms with Gasteiger partial charge in [-0.2, -0.15) is 4.31 Å². The number of nitrogens with one attached hydrogen (secondary N) is 1. The Bertz CT molecular complexity index is 1230. The van der Waals surface area contributed by atoms with Gasteiger partial charge in [0.2, 0.25) is 5.91 Å². The molecule has 1 N–H and O–H groups in total. The lowest BCUT2D eigenvalue weighted by molar-refractivity contribution is -0.119. The van der Waals surface area contributed by atoms with Crippen LogP contribution < -0.4 is 5.32 Å². The van der Waals surface area contributed by atoms with E-state index >= 15 is 0 Å². The topological polar surface area (TPSA) is 92.8 Å². The molecule has 3 aromatic rings. The number of carbonyl (C=O) groups is 2. The van der Waals surface area contributed by atoms with Crippen LogP contribution in [0.25, 0.3) is 10.1 Å². The second-order valence-corrected chi connectivity index (χ2v) is 11.5. The maximum absolute atomic E-state index is 13.1. The molecule has 1 aliphatic heterocycles. The molecule has 1 saturated heterocycles. The van der Waals surface area contributed by atoms with Gasteiger partial charge in [0, 0.05) is 16.6 Å². The zero-order valence-electron chi connectivity index (χ0n) is 15.8. The largest absolute Gasteiger partial charge is 0.465 e. The van der Waals surface area contributed by atoms with E-state index in [1.807, 2.05) is 12.1 Å². The summed E-state index contributed by atoms with van der Waals surface area (Å²) >= 11 is 8.07. The number of hydrogen-bond acceptors (Lipinski definition) is 7. The number of anilines is 1. The minimum atomic E-state index is -3.85. The highest BCUT2D eigenvalue weighted by atomic mass is 35.5. The molecule has 1 unspecified atom stereocenters. The standard InChI is InChI=1S/C19H17ClN2O5S3/c1-27-19(24)17-16(11-5-2-3-7-13(11)28-17)21-18(23)12-6-4-10-22(12)30(25,26)15-9-8-14(20)29-15/h2-3,5,7-9,12H,4,6,10H2,1H3,(H,21,23). The number of sulfonamides is 1. The van der Waals surface area contributed by atoms with Crippen LogP contribution in [0, 0.1) is 0 Å². The van der Waals surface area contributed by atoms with E-state index < -0.39 is 27.9 Å². The monoisotopic (exact) mass is 484 g/mol. The van der Waals surface area contributed by atoms with Crippen molar-refractivity contribution in [1.29, 1.82) is 0 Å². The Hall–Kier alpha value is -1.98. The van der Waals surface area contributed by atoms with E-state index in [1.165, 1.54) is 34.9 Å². The van der Waals surface area contributed by atoms with Gasteiger partial charge in [-0.1, -0.05) is 29.8 Å². The summed E-state index contributed by atoms with van der Waals surface area (Å²) < 4.78 is 33.4. The highest BCUT2D eigenvalue weighted by molar-refractivity contribution is 7.91. The SMILES string of the molecule is COC(=O)c1sc2ccccc2c1NC(=O)C1CCCN1S(=O)(=O)c1ccc(Cl)s1. The first kappa shape index (κ1) is 21.3. The number of hydrogen-bond donors (Lipinski definition) is 1. The lowest BCUT2D eigenvalue weighted by atomic mass is 10.2. The second kappa shape index (κ2) is 8.27. The van der Waals surface area contributed by atoms with Gasteiger partial charge in [-0.25, -0.2) is 13.2 Å². The third kappa shape index (κ3) is 3.74. The molecule has 0 saturated carbocycles. The van der Waals surface area contributed by atoms with Crippen LogP contribution in [0.5, 0.6) is 0 Å². The number of carbonyl (C=O) groups excluding carboxylic acids is 2. The fourth-order valence-corrected chi connectivity index (χ4v) is 7.80. The Morgan fingerprint density at radius 2 is 1.97 bits per heavy atom. The van der Waals surface area contributed by atoms with Crippen LogP contribution in [0.4, 0.5) is 5.69 Å². The van der Waals surface area contributed by atoms with Crippen LogP contribution in [0.3, 0.4) is 0 Å². The van der Waals surface area contributed by atoms with Crippen LogP contribution in [0.1, 0.15) is 22.5 Å². The van der Waals surface area contributed by atoms with Crippen molar-refractivity contribution >= 4 is 71.9 Å². The molecule has 1 fully saturated rings. The summed E-state index contributed by atoms with van der Waals surface area (Å²) in [6.45, 7) is 0.240. The predicted octanol–water partition coefficient (Wildman–Crippen LogP) is 4.19. The number of benzene rings is 1. The third-order valence-electron chi connectivity index (χ3n) is 4.83. The van der Waals surface area contributed by atoms with Crippen LogP contribution in [0.2, 0.25) is 4.34 Å². The molecule has 158 valence electrons. The van der Waals surface area contributed by atoms with Crippen molar-refractivity contribution < 1.29 is 22.7 Å². The van der Waals surface area contributed by atoms with Gasteiger partial charge in [-0.15, -0.1) is 22.7 Å². The van der Waals surface area contributed by atoms with Crippen molar-refractivity contribution in [2.24, 2.45) is 0 Å². The molecule has 30 heavy (non-hydrogen) atoms. The predicted molar refractivity (Wildman–Crippen MR) is 118 cm³/mol. The zero-order chi connectivity index (χ0) is 21.5. The summed E-state index contributed by atoms with van der Waals surface area (Å²) in [4.78, 5) is 25.6. The van der Waals surface area contributed by atoms with Crippen LogP contribution >= 0.6 is 34.3 Å². The Labute approximate surface area is 186 Å². The number of methoxy groups -OCH3 is 1. The van der Waals surface area contributed by atoms with E-state index in [0.29, 0.717) is 28.3 Å². The lowest BCUT2D eigenvalue weighted by Gasteiger charge is -2.22. The number of esters is 1. The van der Waals surface area contributed by atoms with E-state index in [1.54, 1.807) is 12.1 Å². The first-order valence-corrected chi connectivity index (χ1v) is 12.5. The molecule has 2 aromatic heterocycles. The Morgan fingerprint density at radius 3 is 2.67 bits per heavy atom. The van der Waals surface area contributed by atoms with Gasteiger partial charge in [0.25, 0.3) is 10.0 Å². The van der Waals surface area contributed by atoms with Gasteiger partial charge in [-0.3, -0.25) is 4.79 Å². The normalized spacial score (nSPS) is 17.3. The Balaban J connectivity index is 1.66. The molecular weight excluding hydrogens is 468 g/mol. The minimum Gasteiger partial charge on any atom is -0.465 e. The maximum atomic E-state index is 13.1. The third-order valence-corrected chi connectivity index (χ3v) is 9.59. The molecule has 1 atom stereocenters. The number of rotatable bonds is 5. The van der Waals surface area contributed by atoms with Crippen molar-refractivity contribution in [2.75, 3.05) is 19.0 Å². The fraction of sp³-hybridized carbons (Fsp3) is 0.263.